The molecule has 15 heavy (non-hydrogen) atoms. The van der Waals surface area contributed by atoms with E-state index in [1.54, 1.807) is 6.08 Å². The SMILES string of the molecule is COC(=O)/C=C/CCCCCC(O)CO. The molecule has 0 aliphatic heterocycles. The Bertz CT molecular complexity index is 189. The minimum absolute atomic E-state index is 0.164. The van der Waals surface area contributed by atoms with Gasteiger partial charge >= 0.3 is 5.97 Å². The maximum Gasteiger partial charge on any atom is 0.330 e. The first kappa shape index (κ1) is 14.1. The van der Waals surface area contributed by atoms with E-state index in [1.165, 1.54) is 13.2 Å². The van der Waals surface area contributed by atoms with Crippen molar-refractivity contribution in [2.75, 3.05) is 13.7 Å². The molecule has 0 aliphatic rings. The van der Waals surface area contributed by atoms with Crippen LogP contribution in [0.1, 0.15) is 32.1 Å². The molecule has 4 heteroatoms. The van der Waals surface area contributed by atoms with Gasteiger partial charge in [0.2, 0.25) is 0 Å². The number of aliphatic hydroxyl groups excluding tert-OH is 2. The summed E-state index contributed by atoms with van der Waals surface area (Å²) in [5.74, 6) is -0.328. The molecule has 0 aromatic heterocycles. The standard InChI is InChI=1S/C11H20O4/c1-15-11(14)8-6-4-2-3-5-7-10(13)9-12/h6,8,10,12-13H,2-5,7,9H2,1H3/b8-6+. The quantitative estimate of drug-likeness (QED) is 0.361. The van der Waals surface area contributed by atoms with E-state index in [2.05, 4.69) is 4.74 Å². The topological polar surface area (TPSA) is 66.8 Å². The first-order valence-electron chi connectivity index (χ1n) is 5.24. The van der Waals surface area contributed by atoms with E-state index in [0.29, 0.717) is 6.42 Å². The molecule has 0 amide bonds. The normalized spacial score (nSPS) is 13.0. The summed E-state index contributed by atoms with van der Waals surface area (Å²) >= 11 is 0. The molecule has 0 fully saturated rings. The largest absolute Gasteiger partial charge is 0.466 e. The van der Waals surface area contributed by atoms with E-state index in [9.17, 15) is 4.79 Å². The zero-order valence-electron chi connectivity index (χ0n) is 9.19. The zero-order valence-corrected chi connectivity index (χ0v) is 9.19. The third-order valence-electron chi connectivity index (χ3n) is 2.07. The molecule has 0 spiro atoms. The van der Waals surface area contributed by atoms with Crippen molar-refractivity contribution in [1.29, 1.82) is 0 Å². The number of methoxy groups -OCH3 is 1. The van der Waals surface area contributed by atoms with E-state index in [4.69, 9.17) is 10.2 Å². The zero-order chi connectivity index (χ0) is 11.5. The summed E-state index contributed by atoms with van der Waals surface area (Å²) in [6.07, 6.45) is 6.95. The molecule has 1 atom stereocenters. The number of rotatable bonds is 8. The second kappa shape index (κ2) is 9.68. The lowest BCUT2D eigenvalue weighted by molar-refractivity contribution is -0.134. The van der Waals surface area contributed by atoms with Crippen LogP contribution >= 0.6 is 0 Å². The third kappa shape index (κ3) is 9.43. The molecule has 0 heterocycles. The molecule has 2 N–H and O–H groups in total. The van der Waals surface area contributed by atoms with Gasteiger partial charge < -0.3 is 14.9 Å². The van der Waals surface area contributed by atoms with Crippen molar-refractivity contribution in [3.05, 3.63) is 12.2 Å². The van der Waals surface area contributed by atoms with Crippen molar-refractivity contribution in [2.45, 2.75) is 38.2 Å². The van der Waals surface area contributed by atoms with E-state index >= 15 is 0 Å². The average Bonchev–Trinajstić information content (AvgIpc) is 2.26. The Kier molecular flexibility index (Phi) is 9.11. The number of unbranched alkanes of at least 4 members (excludes halogenated alkanes) is 3. The highest BCUT2D eigenvalue weighted by Crippen LogP contribution is 2.06. The van der Waals surface area contributed by atoms with E-state index in [0.717, 1.165) is 25.7 Å². The number of ether oxygens (including phenoxy) is 1. The van der Waals surface area contributed by atoms with Crippen LogP contribution in [0.25, 0.3) is 0 Å². The van der Waals surface area contributed by atoms with E-state index in [1.807, 2.05) is 0 Å². The first-order valence-corrected chi connectivity index (χ1v) is 5.24. The predicted octanol–water partition coefficient (Wildman–Crippen LogP) is 1.02. The highest BCUT2D eigenvalue weighted by Gasteiger charge is 2.00. The van der Waals surface area contributed by atoms with Crippen LogP contribution in [-0.2, 0) is 9.53 Å². The summed E-state index contributed by atoms with van der Waals surface area (Å²) in [6.45, 7) is -0.164. The molecule has 0 saturated heterocycles. The lowest BCUT2D eigenvalue weighted by atomic mass is 10.1. The molecular weight excluding hydrogens is 196 g/mol. The first-order chi connectivity index (χ1) is 7.20. The molecule has 4 nitrogen and oxygen atoms in total. The van der Waals surface area contributed by atoms with Gasteiger partial charge in [-0.1, -0.05) is 18.9 Å². The molecular formula is C11H20O4. The van der Waals surface area contributed by atoms with Gasteiger partial charge in [-0.3, -0.25) is 0 Å². The number of aliphatic hydroxyl groups is 2. The van der Waals surface area contributed by atoms with Gasteiger partial charge in [0.05, 0.1) is 19.8 Å². The van der Waals surface area contributed by atoms with Crippen molar-refractivity contribution in [3.8, 4) is 0 Å². The minimum Gasteiger partial charge on any atom is -0.466 e. The molecule has 0 saturated carbocycles. The van der Waals surface area contributed by atoms with Crippen LogP contribution in [0.5, 0.6) is 0 Å². The molecule has 0 aliphatic carbocycles. The van der Waals surface area contributed by atoms with Crippen molar-refractivity contribution >= 4 is 5.97 Å². The number of carbonyl (C=O) groups is 1. The van der Waals surface area contributed by atoms with Gasteiger partial charge in [-0.05, 0) is 19.3 Å². The van der Waals surface area contributed by atoms with Gasteiger partial charge in [0.1, 0.15) is 0 Å². The summed E-state index contributed by atoms with van der Waals surface area (Å²) in [7, 11) is 1.35. The fourth-order valence-electron chi connectivity index (χ4n) is 1.16. The molecule has 0 bridgehead atoms. The van der Waals surface area contributed by atoms with Crippen molar-refractivity contribution in [1.82, 2.24) is 0 Å². The molecule has 0 aromatic carbocycles. The second-order valence-corrected chi connectivity index (χ2v) is 3.40. The lowest BCUT2D eigenvalue weighted by Crippen LogP contribution is -2.10. The number of allylic oxidation sites excluding steroid dienone is 1. The van der Waals surface area contributed by atoms with E-state index in [-0.39, 0.29) is 12.6 Å². The van der Waals surface area contributed by atoms with Crippen LogP contribution < -0.4 is 0 Å². The van der Waals surface area contributed by atoms with E-state index < -0.39 is 6.10 Å². The summed E-state index contributed by atoms with van der Waals surface area (Å²) in [6, 6.07) is 0. The van der Waals surface area contributed by atoms with Crippen molar-refractivity contribution < 1.29 is 19.7 Å². The van der Waals surface area contributed by atoms with Crippen LogP contribution in [-0.4, -0.2) is 36.0 Å². The van der Waals surface area contributed by atoms with Crippen molar-refractivity contribution in [3.63, 3.8) is 0 Å². The van der Waals surface area contributed by atoms with Crippen LogP contribution in [0, 0.1) is 0 Å². The highest BCUT2D eigenvalue weighted by molar-refractivity contribution is 5.81. The Morgan fingerprint density at radius 3 is 2.73 bits per heavy atom. The summed E-state index contributed by atoms with van der Waals surface area (Å²) < 4.78 is 4.44. The summed E-state index contributed by atoms with van der Waals surface area (Å²) in [4.78, 5) is 10.7. The van der Waals surface area contributed by atoms with Crippen LogP contribution in [0.2, 0.25) is 0 Å². The maximum atomic E-state index is 10.7. The number of hydrogen-bond acceptors (Lipinski definition) is 4. The monoisotopic (exact) mass is 216 g/mol. The van der Waals surface area contributed by atoms with Crippen molar-refractivity contribution in [2.24, 2.45) is 0 Å². The fraction of sp³-hybridized carbons (Fsp3) is 0.727. The molecule has 1 unspecified atom stereocenters. The Hall–Kier alpha value is -0.870. The number of hydrogen-bond donors (Lipinski definition) is 2. The van der Waals surface area contributed by atoms with Crippen LogP contribution in [0.3, 0.4) is 0 Å². The minimum atomic E-state index is -0.587. The lowest BCUT2D eigenvalue weighted by Gasteiger charge is -2.05. The number of esters is 1. The Morgan fingerprint density at radius 1 is 1.40 bits per heavy atom. The summed E-state index contributed by atoms with van der Waals surface area (Å²) in [5.41, 5.74) is 0. The predicted molar refractivity (Wildman–Crippen MR) is 57.3 cm³/mol. The Balaban J connectivity index is 3.25. The van der Waals surface area contributed by atoms with Gasteiger partial charge in [0.15, 0.2) is 0 Å². The smallest absolute Gasteiger partial charge is 0.330 e. The molecule has 88 valence electrons. The molecule has 0 radical (unpaired) electrons. The Labute approximate surface area is 90.6 Å². The van der Waals surface area contributed by atoms with Crippen LogP contribution in [0.15, 0.2) is 12.2 Å². The average molecular weight is 216 g/mol. The van der Waals surface area contributed by atoms with Gasteiger partial charge in [0.25, 0.3) is 0 Å². The van der Waals surface area contributed by atoms with Gasteiger partial charge in [-0.15, -0.1) is 0 Å². The Morgan fingerprint density at radius 2 is 2.13 bits per heavy atom. The molecule has 0 aromatic rings. The fourth-order valence-corrected chi connectivity index (χ4v) is 1.16. The van der Waals surface area contributed by atoms with Gasteiger partial charge in [-0.2, -0.15) is 0 Å². The number of carbonyl (C=O) groups excluding carboxylic acids is 1. The van der Waals surface area contributed by atoms with Gasteiger partial charge in [0, 0.05) is 6.08 Å². The third-order valence-corrected chi connectivity index (χ3v) is 2.07. The molecule has 0 rings (SSSR count). The second-order valence-electron chi connectivity index (χ2n) is 3.40. The maximum absolute atomic E-state index is 10.7. The van der Waals surface area contributed by atoms with Gasteiger partial charge in [-0.25, -0.2) is 4.79 Å². The van der Waals surface area contributed by atoms with Crippen LogP contribution in [0.4, 0.5) is 0 Å². The summed E-state index contributed by atoms with van der Waals surface area (Å²) in [5, 5.41) is 17.6. The highest BCUT2D eigenvalue weighted by atomic mass is 16.5.